The predicted octanol–water partition coefficient (Wildman–Crippen LogP) is 2.37. The van der Waals surface area contributed by atoms with E-state index in [-0.39, 0.29) is 22.7 Å². The summed E-state index contributed by atoms with van der Waals surface area (Å²) >= 11 is 0. The Balaban J connectivity index is 2.88. The van der Waals surface area contributed by atoms with Crippen LogP contribution in [-0.4, -0.2) is 31.2 Å². The molecule has 0 saturated heterocycles. The Morgan fingerprint density at radius 1 is 1.12 bits per heavy atom. The summed E-state index contributed by atoms with van der Waals surface area (Å²) in [6.45, 7) is 3.37. The second-order valence-electron chi connectivity index (χ2n) is 5.90. The van der Waals surface area contributed by atoms with Crippen molar-refractivity contribution < 1.29 is 27.9 Å². The van der Waals surface area contributed by atoms with Gasteiger partial charge in [-0.2, -0.15) is 0 Å². The van der Waals surface area contributed by atoms with Gasteiger partial charge in [0.2, 0.25) is 5.91 Å². The lowest BCUT2D eigenvalue weighted by Gasteiger charge is -2.15. The number of benzene rings is 1. The van der Waals surface area contributed by atoms with Gasteiger partial charge in [0.15, 0.2) is 0 Å². The number of rotatable bonds is 10. The number of nitrogens with one attached hydrogen (secondary N) is 1. The molecule has 1 atom stereocenters. The van der Waals surface area contributed by atoms with Crippen molar-refractivity contribution >= 4 is 27.7 Å². The number of carboxylic acids is 1. The molecule has 0 aromatic heterocycles. The van der Waals surface area contributed by atoms with Crippen molar-refractivity contribution in [3.05, 3.63) is 29.8 Å². The Bertz CT molecular complexity index is 724. The highest BCUT2D eigenvalue weighted by Crippen LogP contribution is 2.17. The number of carboxylic acid groups (broad SMARTS) is 1. The fraction of sp³-hybridized carbons (Fsp3) is 0.471. The second kappa shape index (κ2) is 9.31. The van der Waals surface area contributed by atoms with Crippen molar-refractivity contribution in [3.8, 4) is 0 Å². The number of unbranched alkanes of at least 4 members (excludes halogenated alkanes) is 2. The molecule has 0 aliphatic rings. The van der Waals surface area contributed by atoms with E-state index in [1.54, 1.807) is 0 Å². The predicted molar refractivity (Wildman–Crippen MR) is 91.7 cm³/mol. The molecule has 1 amide bonds. The third-order valence-electron chi connectivity index (χ3n) is 3.71. The number of hydrogen-bond acceptors (Lipinski definition) is 5. The van der Waals surface area contributed by atoms with Crippen LogP contribution in [0.15, 0.2) is 29.2 Å². The second-order valence-corrected chi connectivity index (χ2v) is 7.58. The summed E-state index contributed by atoms with van der Waals surface area (Å²) in [5, 5.41) is 8.83. The summed E-state index contributed by atoms with van der Waals surface area (Å²) in [5.74, 6) is -2.77. The van der Waals surface area contributed by atoms with E-state index in [1.165, 1.54) is 6.92 Å². The topological polar surface area (TPSA) is 118 Å². The largest absolute Gasteiger partial charge is 0.478 e. The highest BCUT2D eigenvalue weighted by Gasteiger charge is 2.25. The number of carbonyl (C=O) groups is 3. The van der Waals surface area contributed by atoms with Crippen LogP contribution >= 0.6 is 0 Å². The normalized spacial score (nSPS) is 12.4. The standard InChI is InChI=1S/C17H23NO6S/c1-3-4-5-6-14(11-12(2)19)16(20)18-25(23,24)15-9-7-13(8-10-15)17(21)22/h7-10,14H,3-6,11H2,1-2H3,(H,18,20)(H,21,22). The van der Waals surface area contributed by atoms with Crippen LogP contribution in [-0.2, 0) is 19.6 Å². The number of amides is 1. The smallest absolute Gasteiger partial charge is 0.335 e. The van der Waals surface area contributed by atoms with Gasteiger partial charge in [-0.3, -0.25) is 4.79 Å². The van der Waals surface area contributed by atoms with Crippen LogP contribution in [0.25, 0.3) is 0 Å². The molecule has 0 radical (unpaired) electrons. The fourth-order valence-corrected chi connectivity index (χ4v) is 3.41. The molecule has 1 aromatic rings. The number of hydrogen-bond donors (Lipinski definition) is 2. The van der Waals surface area contributed by atoms with Gasteiger partial charge < -0.3 is 9.90 Å². The summed E-state index contributed by atoms with van der Waals surface area (Å²) in [7, 11) is -4.12. The summed E-state index contributed by atoms with van der Waals surface area (Å²) in [6.07, 6.45) is 3.00. The number of Topliss-reactive ketones (excluding diaryl/α,β-unsaturated/α-hetero) is 1. The lowest BCUT2D eigenvalue weighted by Crippen LogP contribution is -2.36. The third kappa shape index (κ3) is 6.66. The van der Waals surface area contributed by atoms with Crippen molar-refractivity contribution in [2.45, 2.75) is 50.8 Å². The van der Waals surface area contributed by atoms with Gasteiger partial charge in [0, 0.05) is 12.3 Å². The Hall–Kier alpha value is -2.22. The van der Waals surface area contributed by atoms with E-state index in [0.29, 0.717) is 6.42 Å². The van der Waals surface area contributed by atoms with Crippen molar-refractivity contribution in [1.29, 1.82) is 0 Å². The van der Waals surface area contributed by atoms with Gasteiger partial charge in [-0.05, 0) is 37.6 Å². The first-order valence-corrected chi connectivity index (χ1v) is 9.55. The fourth-order valence-electron chi connectivity index (χ4n) is 2.36. The Morgan fingerprint density at radius 2 is 1.72 bits per heavy atom. The lowest BCUT2D eigenvalue weighted by molar-refractivity contribution is -0.127. The molecule has 2 N–H and O–H groups in total. The van der Waals surface area contributed by atoms with Gasteiger partial charge in [-0.25, -0.2) is 17.9 Å². The van der Waals surface area contributed by atoms with Crippen LogP contribution in [0.1, 0.15) is 56.3 Å². The molecule has 0 aliphatic carbocycles. The van der Waals surface area contributed by atoms with Crippen molar-refractivity contribution in [2.24, 2.45) is 5.92 Å². The summed E-state index contributed by atoms with van der Waals surface area (Å²) in [6, 6.07) is 4.54. The van der Waals surface area contributed by atoms with Crippen LogP contribution in [0.3, 0.4) is 0 Å². The van der Waals surface area contributed by atoms with Gasteiger partial charge in [-0.15, -0.1) is 0 Å². The molecule has 8 heteroatoms. The first-order chi connectivity index (χ1) is 11.7. The number of aromatic carboxylic acids is 1. The molecule has 138 valence electrons. The minimum absolute atomic E-state index is 0.0109. The maximum absolute atomic E-state index is 12.3. The minimum atomic E-state index is -4.12. The number of ketones is 1. The maximum atomic E-state index is 12.3. The van der Waals surface area contributed by atoms with Crippen LogP contribution < -0.4 is 4.72 Å². The maximum Gasteiger partial charge on any atom is 0.335 e. The zero-order valence-corrected chi connectivity index (χ0v) is 15.1. The molecule has 7 nitrogen and oxygen atoms in total. The highest BCUT2D eigenvalue weighted by atomic mass is 32.2. The molecule has 25 heavy (non-hydrogen) atoms. The van der Waals surface area contributed by atoms with Crippen molar-refractivity contribution in [1.82, 2.24) is 4.72 Å². The van der Waals surface area contributed by atoms with E-state index in [4.69, 9.17) is 5.11 Å². The Kier molecular flexibility index (Phi) is 7.76. The molecule has 1 unspecified atom stereocenters. The monoisotopic (exact) mass is 369 g/mol. The van der Waals surface area contributed by atoms with Crippen LogP contribution in [0, 0.1) is 5.92 Å². The molecule has 0 bridgehead atoms. The zero-order chi connectivity index (χ0) is 19.0. The Morgan fingerprint density at radius 3 is 2.20 bits per heavy atom. The van der Waals surface area contributed by atoms with E-state index >= 15 is 0 Å². The SMILES string of the molecule is CCCCCC(CC(C)=O)C(=O)NS(=O)(=O)c1ccc(C(=O)O)cc1. The lowest BCUT2D eigenvalue weighted by atomic mass is 9.95. The van der Waals surface area contributed by atoms with Gasteiger partial charge in [0.1, 0.15) is 5.78 Å². The molecular formula is C17H23NO6S. The molecular weight excluding hydrogens is 346 g/mol. The van der Waals surface area contributed by atoms with E-state index in [0.717, 1.165) is 43.5 Å². The van der Waals surface area contributed by atoms with Crippen molar-refractivity contribution in [3.63, 3.8) is 0 Å². The van der Waals surface area contributed by atoms with Gasteiger partial charge in [-0.1, -0.05) is 26.2 Å². The average Bonchev–Trinajstić information content (AvgIpc) is 2.53. The van der Waals surface area contributed by atoms with Gasteiger partial charge >= 0.3 is 5.97 Å². The average molecular weight is 369 g/mol. The first-order valence-electron chi connectivity index (χ1n) is 8.06. The van der Waals surface area contributed by atoms with E-state index in [9.17, 15) is 22.8 Å². The van der Waals surface area contributed by atoms with Gasteiger partial charge in [0.25, 0.3) is 10.0 Å². The van der Waals surface area contributed by atoms with Crippen LogP contribution in [0.5, 0.6) is 0 Å². The molecule has 1 aromatic carbocycles. The molecule has 0 aliphatic heterocycles. The van der Waals surface area contributed by atoms with E-state index in [1.807, 2.05) is 11.6 Å². The quantitative estimate of drug-likeness (QED) is 0.611. The molecule has 0 heterocycles. The first kappa shape index (κ1) is 20.8. The minimum Gasteiger partial charge on any atom is -0.478 e. The highest BCUT2D eigenvalue weighted by molar-refractivity contribution is 7.90. The number of carbonyl (C=O) groups excluding carboxylic acids is 2. The third-order valence-corrected chi connectivity index (χ3v) is 5.07. The Labute approximate surface area is 147 Å². The summed E-state index contributed by atoms with van der Waals surface area (Å²) in [5.41, 5.74) is -0.0562. The summed E-state index contributed by atoms with van der Waals surface area (Å²) < 4.78 is 26.5. The van der Waals surface area contributed by atoms with E-state index < -0.39 is 27.8 Å². The molecule has 0 fully saturated rings. The molecule has 0 spiro atoms. The number of sulfonamides is 1. The zero-order valence-electron chi connectivity index (χ0n) is 14.3. The van der Waals surface area contributed by atoms with Crippen LogP contribution in [0.2, 0.25) is 0 Å². The van der Waals surface area contributed by atoms with Gasteiger partial charge in [0.05, 0.1) is 10.5 Å². The van der Waals surface area contributed by atoms with E-state index in [2.05, 4.69) is 0 Å². The summed E-state index contributed by atoms with van der Waals surface area (Å²) in [4.78, 5) is 34.2. The van der Waals surface area contributed by atoms with Crippen LogP contribution in [0.4, 0.5) is 0 Å². The molecule has 0 saturated carbocycles. The molecule has 1 rings (SSSR count). The van der Waals surface area contributed by atoms with Crippen molar-refractivity contribution in [2.75, 3.05) is 0 Å².